The zero-order valence-corrected chi connectivity index (χ0v) is 11.1. The quantitative estimate of drug-likeness (QED) is 0.479. The minimum atomic E-state index is -0.439. The van der Waals surface area contributed by atoms with Crippen molar-refractivity contribution in [2.75, 3.05) is 11.9 Å². The number of hydrogen-bond donors (Lipinski definition) is 0. The van der Waals surface area contributed by atoms with Crippen LogP contribution in [0.3, 0.4) is 0 Å². The molecule has 18 heavy (non-hydrogen) atoms. The van der Waals surface area contributed by atoms with Crippen LogP contribution >= 0.6 is 11.6 Å². The molecule has 2 rings (SSSR count). The van der Waals surface area contributed by atoms with Gasteiger partial charge in [-0.2, -0.15) is 0 Å². The molecule has 5 nitrogen and oxygen atoms in total. The number of pyridine rings is 1. The first-order chi connectivity index (χ1) is 8.58. The summed E-state index contributed by atoms with van der Waals surface area (Å²) in [6.45, 7) is 0. The minimum absolute atomic E-state index is 0.00680. The molecule has 1 aromatic heterocycles. The van der Waals surface area contributed by atoms with Gasteiger partial charge < -0.3 is 4.90 Å². The van der Waals surface area contributed by atoms with Crippen molar-refractivity contribution in [2.24, 2.45) is 0 Å². The Morgan fingerprint density at radius 1 is 1.39 bits per heavy atom. The molecular formula is C12H16ClN3O2. The van der Waals surface area contributed by atoms with E-state index in [1.807, 2.05) is 11.9 Å². The van der Waals surface area contributed by atoms with Gasteiger partial charge in [-0.15, -0.1) is 0 Å². The molecule has 1 fully saturated rings. The maximum Gasteiger partial charge on any atom is 0.276 e. The molecule has 0 unspecified atom stereocenters. The zero-order chi connectivity index (χ0) is 13.1. The molecule has 0 bridgehead atoms. The Kier molecular flexibility index (Phi) is 4.01. The summed E-state index contributed by atoms with van der Waals surface area (Å²) in [6, 6.07) is 3.17. The van der Waals surface area contributed by atoms with Crippen molar-refractivity contribution in [2.45, 2.75) is 38.1 Å². The number of rotatable bonds is 3. The third-order valence-corrected chi connectivity index (χ3v) is 3.65. The molecule has 1 heterocycles. The first-order valence-electron chi connectivity index (χ1n) is 6.13. The van der Waals surface area contributed by atoms with E-state index in [1.165, 1.54) is 31.4 Å². The lowest BCUT2D eigenvalue weighted by Crippen LogP contribution is -2.33. The number of nitrogens with zero attached hydrogens (tertiary/aromatic N) is 3. The van der Waals surface area contributed by atoms with Gasteiger partial charge >= 0.3 is 0 Å². The SMILES string of the molecule is CN(c1cc([N+](=O)[O-])cc(Cl)n1)C1CCCCC1. The predicted octanol–water partition coefficient (Wildman–Crippen LogP) is 3.41. The maximum atomic E-state index is 10.8. The van der Waals surface area contributed by atoms with Gasteiger partial charge in [0.1, 0.15) is 11.0 Å². The van der Waals surface area contributed by atoms with Crippen molar-refractivity contribution < 1.29 is 4.92 Å². The monoisotopic (exact) mass is 269 g/mol. The van der Waals surface area contributed by atoms with Crippen LogP contribution in [0.1, 0.15) is 32.1 Å². The second kappa shape index (κ2) is 5.52. The van der Waals surface area contributed by atoms with Gasteiger partial charge in [-0.25, -0.2) is 4.98 Å². The van der Waals surface area contributed by atoms with Gasteiger partial charge in [-0.1, -0.05) is 30.9 Å². The molecule has 1 aliphatic carbocycles. The Morgan fingerprint density at radius 2 is 2.06 bits per heavy atom. The lowest BCUT2D eigenvalue weighted by atomic mass is 9.94. The van der Waals surface area contributed by atoms with Crippen molar-refractivity contribution in [1.82, 2.24) is 4.98 Å². The molecule has 0 amide bonds. The largest absolute Gasteiger partial charge is 0.356 e. The van der Waals surface area contributed by atoms with E-state index < -0.39 is 4.92 Å². The van der Waals surface area contributed by atoms with E-state index >= 15 is 0 Å². The highest BCUT2D eigenvalue weighted by Gasteiger charge is 2.21. The fourth-order valence-electron chi connectivity index (χ4n) is 2.41. The first kappa shape index (κ1) is 13.1. The van der Waals surface area contributed by atoms with Crippen LogP contribution in [0, 0.1) is 10.1 Å². The summed E-state index contributed by atoms with van der Waals surface area (Å²) in [5.74, 6) is 0.584. The fourth-order valence-corrected chi connectivity index (χ4v) is 2.61. The van der Waals surface area contributed by atoms with Crippen molar-refractivity contribution in [1.29, 1.82) is 0 Å². The van der Waals surface area contributed by atoms with Gasteiger partial charge in [0.15, 0.2) is 0 Å². The highest BCUT2D eigenvalue weighted by Crippen LogP contribution is 2.28. The van der Waals surface area contributed by atoms with Gasteiger partial charge in [0, 0.05) is 13.1 Å². The van der Waals surface area contributed by atoms with E-state index in [4.69, 9.17) is 11.6 Å². The average molecular weight is 270 g/mol. The molecule has 0 atom stereocenters. The number of nitro groups is 1. The smallest absolute Gasteiger partial charge is 0.276 e. The van der Waals surface area contributed by atoms with E-state index in [0.29, 0.717) is 11.9 Å². The highest BCUT2D eigenvalue weighted by atomic mass is 35.5. The topological polar surface area (TPSA) is 59.3 Å². The Hall–Kier alpha value is -1.36. The molecule has 0 saturated heterocycles. The minimum Gasteiger partial charge on any atom is -0.356 e. The molecule has 0 N–H and O–H groups in total. The van der Waals surface area contributed by atoms with E-state index in [9.17, 15) is 10.1 Å². The van der Waals surface area contributed by atoms with Crippen molar-refractivity contribution in [3.05, 3.63) is 27.4 Å². The second-order valence-electron chi connectivity index (χ2n) is 4.67. The van der Waals surface area contributed by atoms with Gasteiger partial charge in [-0.3, -0.25) is 10.1 Å². The van der Waals surface area contributed by atoms with Crippen LogP contribution in [0.4, 0.5) is 11.5 Å². The van der Waals surface area contributed by atoms with Crippen molar-refractivity contribution in [3.8, 4) is 0 Å². The summed E-state index contributed by atoms with van der Waals surface area (Å²) in [7, 11) is 1.93. The Labute approximate surface area is 111 Å². The Balaban J connectivity index is 2.23. The summed E-state index contributed by atoms with van der Waals surface area (Å²) in [5, 5.41) is 11.0. The molecule has 0 aliphatic heterocycles. The lowest BCUT2D eigenvalue weighted by molar-refractivity contribution is -0.384. The van der Waals surface area contributed by atoms with Crippen LogP contribution in [-0.4, -0.2) is 23.0 Å². The van der Waals surface area contributed by atoms with Crippen LogP contribution in [0.2, 0.25) is 5.15 Å². The fraction of sp³-hybridized carbons (Fsp3) is 0.583. The van der Waals surface area contributed by atoms with Crippen LogP contribution in [-0.2, 0) is 0 Å². The first-order valence-corrected chi connectivity index (χ1v) is 6.50. The zero-order valence-electron chi connectivity index (χ0n) is 10.3. The van der Waals surface area contributed by atoms with Crippen LogP contribution in [0.25, 0.3) is 0 Å². The molecule has 0 spiro atoms. The molecular weight excluding hydrogens is 254 g/mol. The summed E-state index contributed by atoms with van der Waals surface area (Å²) in [4.78, 5) is 16.6. The molecule has 0 radical (unpaired) electrons. The standard InChI is InChI=1S/C12H16ClN3O2/c1-15(9-5-3-2-4-6-9)12-8-10(16(17)18)7-11(13)14-12/h7-9H,2-6H2,1H3. The summed E-state index contributed by atoms with van der Waals surface area (Å²) in [5.41, 5.74) is -0.00680. The summed E-state index contributed by atoms with van der Waals surface area (Å²) < 4.78 is 0. The van der Waals surface area contributed by atoms with Gasteiger partial charge in [-0.05, 0) is 12.8 Å². The Bertz CT molecular complexity index is 447. The van der Waals surface area contributed by atoms with Gasteiger partial charge in [0.25, 0.3) is 5.69 Å². The number of halogens is 1. The van der Waals surface area contributed by atoms with Crippen LogP contribution < -0.4 is 4.90 Å². The number of aromatic nitrogens is 1. The van der Waals surface area contributed by atoms with Crippen molar-refractivity contribution >= 4 is 23.1 Å². The third-order valence-electron chi connectivity index (χ3n) is 3.46. The van der Waals surface area contributed by atoms with Crippen molar-refractivity contribution in [3.63, 3.8) is 0 Å². The van der Waals surface area contributed by atoms with E-state index in [-0.39, 0.29) is 10.8 Å². The molecule has 0 aromatic carbocycles. The highest BCUT2D eigenvalue weighted by molar-refractivity contribution is 6.29. The van der Waals surface area contributed by atoms with E-state index in [2.05, 4.69) is 4.98 Å². The lowest BCUT2D eigenvalue weighted by Gasteiger charge is -2.31. The maximum absolute atomic E-state index is 10.8. The second-order valence-corrected chi connectivity index (χ2v) is 5.05. The normalized spacial score (nSPS) is 16.6. The number of anilines is 1. The predicted molar refractivity (Wildman–Crippen MR) is 71.2 cm³/mol. The molecule has 1 aromatic rings. The molecule has 98 valence electrons. The summed E-state index contributed by atoms with van der Waals surface area (Å²) in [6.07, 6.45) is 5.90. The summed E-state index contributed by atoms with van der Waals surface area (Å²) >= 11 is 5.83. The van der Waals surface area contributed by atoms with Crippen LogP contribution in [0.5, 0.6) is 0 Å². The van der Waals surface area contributed by atoms with E-state index in [0.717, 1.165) is 12.8 Å². The molecule has 6 heteroatoms. The molecule has 1 saturated carbocycles. The van der Waals surface area contributed by atoms with Gasteiger partial charge in [0.05, 0.1) is 17.1 Å². The Morgan fingerprint density at radius 3 is 2.67 bits per heavy atom. The third kappa shape index (κ3) is 2.90. The van der Waals surface area contributed by atoms with E-state index in [1.54, 1.807) is 0 Å². The number of hydrogen-bond acceptors (Lipinski definition) is 4. The van der Waals surface area contributed by atoms with Crippen LogP contribution in [0.15, 0.2) is 12.1 Å². The molecule has 1 aliphatic rings. The van der Waals surface area contributed by atoms with Gasteiger partial charge in [0.2, 0.25) is 0 Å². The average Bonchev–Trinajstić information content (AvgIpc) is 2.38.